The molecule has 5 N–H and O–H groups in total. The Labute approximate surface area is 90.5 Å². The van der Waals surface area contributed by atoms with Crippen LogP contribution in [0, 0.1) is 0 Å². The van der Waals surface area contributed by atoms with Gasteiger partial charge in [-0.25, -0.2) is 0 Å². The summed E-state index contributed by atoms with van der Waals surface area (Å²) in [5, 5.41) is 9.64. The molecule has 0 aliphatic heterocycles. The highest BCUT2D eigenvalue weighted by atomic mass is 16.3. The predicted molar refractivity (Wildman–Crippen MR) is 61.5 cm³/mol. The van der Waals surface area contributed by atoms with Gasteiger partial charge in [0.25, 0.3) is 0 Å². The second-order valence-corrected chi connectivity index (χ2v) is 3.97. The molecule has 0 radical (unpaired) electrons. The van der Waals surface area contributed by atoms with Gasteiger partial charge in [0.1, 0.15) is 5.75 Å². The molecule has 4 nitrogen and oxygen atoms in total. The van der Waals surface area contributed by atoms with Gasteiger partial charge in [0, 0.05) is 24.7 Å². The first-order chi connectivity index (χ1) is 7.04. The summed E-state index contributed by atoms with van der Waals surface area (Å²) in [7, 11) is 3.91. The molecule has 0 heterocycles. The standard InChI is InChI=1S/C11H19N3O/c1-14(2)7-9-5-8(10(13)6-12)3-4-11(9)15/h3-5,10,15H,6-7,12-13H2,1-2H3/t10-/m1/s1. The highest BCUT2D eigenvalue weighted by Gasteiger charge is 2.08. The van der Waals surface area contributed by atoms with Crippen LogP contribution < -0.4 is 11.5 Å². The van der Waals surface area contributed by atoms with E-state index in [1.807, 2.05) is 31.1 Å². The Morgan fingerprint density at radius 3 is 2.60 bits per heavy atom. The summed E-state index contributed by atoms with van der Waals surface area (Å²) in [6, 6.07) is 5.23. The van der Waals surface area contributed by atoms with E-state index in [1.165, 1.54) is 0 Å². The maximum atomic E-state index is 9.64. The lowest BCUT2D eigenvalue weighted by Gasteiger charge is -2.15. The van der Waals surface area contributed by atoms with Gasteiger partial charge in [0.15, 0.2) is 0 Å². The zero-order chi connectivity index (χ0) is 11.4. The number of benzene rings is 1. The number of phenols is 1. The SMILES string of the molecule is CN(C)Cc1cc([C@H](N)CN)ccc1O. The number of hydrogen-bond acceptors (Lipinski definition) is 4. The molecular weight excluding hydrogens is 190 g/mol. The van der Waals surface area contributed by atoms with E-state index < -0.39 is 0 Å². The van der Waals surface area contributed by atoms with Gasteiger partial charge in [-0.1, -0.05) is 6.07 Å². The van der Waals surface area contributed by atoms with Crippen molar-refractivity contribution < 1.29 is 5.11 Å². The molecule has 0 unspecified atom stereocenters. The quantitative estimate of drug-likeness (QED) is 0.671. The largest absolute Gasteiger partial charge is 0.508 e. The van der Waals surface area contributed by atoms with Gasteiger partial charge in [-0.3, -0.25) is 0 Å². The van der Waals surface area contributed by atoms with Crippen LogP contribution in [0.4, 0.5) is 0 Å². The molecule has 1 rings (SSSR count). The van der Waals surface area contributed by atoms with E-state index >= 15 is 0 Å². The summed E-state index contributed by atoms with van der Waals surface area (Å²) >= 11 is 0. The number of hydrogen-bond donors (Lipinski definition) is 3. The van der Waals surface area contributed by atoms with Crippen molar-refractivity contribution >= 4 is 0 Å². The Balaban J connectivity index is 2.94. The highest BCUT2D eigenvalue weighted by Crippen LogP contribution is 2.22. The third-order valence-corrected chi connectivity index (χ3v) is 2.27. The zero-order valence-electron chi connectivity index (χ0n) is 9.27. The van der Waals surface area contributed by atoms with Crippen molar-refractivity contribution in [3.05, 3.63) is 29.3 Å². The molecular formula is C11H19N3O. The van der Waals surface area contributed by atoms with Gasteiger partial charge in [0.05, 0.1) is 0 Å². The molecule has 1 aromatic carbocycles. The Morgan fingerprint density at radius 1 is 1.40 bits per heavy atom. The monoisotopic (exact) mass is 209 g/mol. The van der Waals surface area contributed by atoms with Crippen LogP contribution in [0.5, 0.6) is 5.75 Å². The van der Waals surface area contributed by atoms with Gasteiger partial charge in [-0.2, -0.15) is 0 Å². The zero-order valence-corrected chi connectivity index (χ0v) is 9.27. The first-order valence-corrected chi connectivity index (χ1v) is 4.96. The third-order valence-electron chi connectivity index (χ3n) is 2.27. The summed E-state index contributed by atoms with van der Waals surface area (Å²) in [5.41, 5.74) is 13.2. The predicted octanol–water partition coefficient (Wildman–Crippen LogP) is 0.412. The van der Waals surface area contributed by atoms with Crippen LogP contribution >= 0.6 is 0 Å². The first-order valence-electron chi connectivity index (χ1n) is 4.96. The van der Waals surface area contributed by atoms with E-state index in [4.69, 9.17) is 11.5 Å². The minimum Gasteiger partial charge on any atom is -0.508 e. The van der Waals surface area contributed by atoms with Crippen LogP contribution in [0.2, 0.25) is 0 Å². The summed E-state index contributed by atoms with van der Waals surface area (Å²) in [6.45, 7) is 1.10. The van der Waals surface area contributed by atoms with Crippen molar-refractivity contribution in [3.63, 3.8) is 0 Å². The van der Waals surface area contributed by atoms with E-state index in [-0.39, 0.29) is 6.04 Å². The lowest BCUT2D eigenvalue weighted by atomic mass is 10.0. The Bertz CT molecular complexity index is 326. The van der Waals surface area contributed by atoms with Crippen LogP contribution in [0.25, 0.3) is 0 Å². The average Bonchev–Trinajstić information content (AvgIpc) is 2.19. The number of phenolic OH excluding ortho intramolecular Hbond substituents is 1. The normalized spacial score (nSPS) is 13.1. The molecule has 0 fully saturated rings. The van der Waals surface area contributed by atoms with Gasteiger partial charge in [-0.15, -0.1) is 0 Å². The molecule has 0 aliphatic rings. The fraction of sp³-hybridized carbons (Fsp3) is 0.455. The summed E-state index contributed by atoms with van der Waals surface area (Å²) in [5.74, 6) is 0.302. The molecule has 4 heteroatoms. The number of nitrogens with two attached hydrogens (primary N) is 2. The van der Waals surface area contributed by atoms with Crippen molar-refractivity contribution in [3.8, 4) is 5.75 Å². The summed E-state index contributed by atoms with van der Waals surface area (Å²) < 4.78 is 0. The smallest absolute Gasteiger partial charge is 0.120 e. The maximum Gasteiger partial charge on any atom is 0.120 e. The Kier molecular flexibility index (Phi) is 4.08. The fourth-order valence-electron chi connectivity index (χ4n) is 1.44. The third kappa shape index (κ3) is 3.20. The van der Waals surface area contributed by atoms with Crippen LogP contribution in [0.1, 0.15) is 17.2 Å². The second-order valence-electron chi connectivity index (χ2n) is 3.97. The van der Waals surface area contributed by atoms with Gasteiger partial charge >= 0.3 is 0 Å². The Hall–Kier alpha value is -1.10. The molecule has 84 valence electrons. The van der Waals surface area contributed by atoms with Crippen molar-refractivity contribution in [2.45, 2.75) is 12.6 Å². The van der Waals surface area contributed by atoms with E-state index in [1.54, 1.807) is 6.07 Å². The summed E-state index contributed by atoms with van der Waals surface area (Å²) in [6.07, 6.45) is 0. The first kappa shape index (κ1) is 12.0. The van der Waals surface area contributed by atoms with Crippen LogP contribution in [-0.2, 0) is 6.54 Å². The molecule has 0 bridgehead atoms. The van der Waals surface area contributed by atoms with Crippen molar-refractivity contribution in [2.75, 3.05) is 20.6 Å². The molecule has 0 spiro atoms. The number of rotatable bonds is 4. The molecule has 0 aliphatic carbocycles. The van der Waals surface area contributed by atoms with E-state index in [2.05, 4.69) is 0 Å². The van der Waals surface area contributed by atoms with Crippen molar-refractivity contribution in [2.24, 2.45) is 11.5 Å². The second kappa shape index (κ2) is 5.11. The average molecular weight is 209 g/mol. The summed E-state index contributed by atoms with van der Waals surface area (Å²) in [4.78, 5) is 1.99. The molecule has 15 heavy (non-hydrogen) atoms. The van der Waals surface area contributed by atoms with Crippen LogP contribution in [-0.4, -0.2) is 30.6 Å². The van der Waals surface area contributed by atoms with Gasteiger partial charge in [-0.05, 0) is 31.8 Å². The van der Waals surface area contributed by atoms with E-state index in [0.717, 1.165) is 11.1 Å². The minimum atomic E-state index is -0.161. The molecule has 0 amide bonds. The van der Waals surface area contributed by atoms with Crippen LogP contribution in [0.15, 0.2) is 18.2 Å². The minimum absolute atomic E-state index is 0.161. The highest BCUT2D eigenvalue weighted by molar-refractivity contribution is 5.37. The maximum absolute atomic E-state index is 9.64. The Morgan fingerprint density at radius 2 is 2.07 bits per heavy atom. The molecule has 0 saturated carbocycles. The van der Waals surface area contributed by atoms with Crippen LogP contribution in [0.3, 0.4) is 0 Å². The molecule has 0 saturated heterocycles. The topological polar surface area (TPSA) is 75.5 Å². The number of nitrogens with zero attached hydrogens (tertiary/aromatic N) is 1. The molecule has 0 aromatic heterocycles. The van der Waals surface area contributed by atoms with E-state index in [0.29, 0.717) is 18.8 Å². The number of aromatic hydroxyl groups is 1. The van der Waals surface area contributed by atoms with E-state index in [9.17, 15) is 5.11 Å². The lowest BCUT2D eigenvalue weighted by Crippen LogP contribution is -2.21. The molecule has 1 aromatic rings. The van der Waals surface area contributed by atoms with Gasteiger partial charge < -0.3 is 21.5 Å². The fourth-order valence-corrected chi connectivity index (χ4v) is 1.44. The molecule has 1 atom stereocenters. The van der Waals surface area contributed by atoms with Crippen molar-refractivity contribution in [1.29, 1.82) is 0 Å². The van der Waals surface area contributed by atoms with Crippen molar-refractivity contribution in [1.82, 2.24) is 4.90 Å². The van der Waals surface area contributed by atoms with Gasteiger partial charge in [0.2, 0.25) is 0 Å². The lowest BCUT2D eigenvalue weighted by molar-refractivity contribution is 0.385.